The smallest absolute Gasteiger partial charge is 0.128 e. The SMILES string of the molecule is NC1CN(Cc2ccccc2)CC1c1ccc(Cl)cc1F. The van der Waals surface area contributed by atoms with E-state index in [4.69, 9.17) is 17.3 Å². The first-order valence-electron chi connectivity index (χ1n) is 7.10. The summed E-state index contributed by atoms with van der Waals surface area (Å²) in [4.78, 5) is 2.28. The first kappa shape index (κ1) is 14.5. The van der Waals surface area contributed by atoms with Crippen LogP contribution in [0.3, 0.4) is 0 Å². The molecule has 0 spiro atoms. The summed E-state index contributed by atoms with van der Waals surface area (Å²) in [6.45, 7) is 2.40. The van der Waals surface area contributed by atoms with Crippen LogP contribution in [-0.4, -0.2) is 24.0 Å². The molecule has 0 radical (unpaired) electrons. The fraction of sp³-hybridized carbons (Fsp3) is 0.294. The van der Waals surface area contributed by atoms with Gasteiger partial charge in [0.05, 0.1) is 0 Å². The number of nitrogens with zero attached hydrogens (tertiary/aromatic N) is 1. The molecule has 110 valence electrons. The second-order valence-corrected chi connectivity index (χ2v) is 6.05. The van der Waals surface area contributed by atoms with Crippen molar-refractivity contribution < 1.29 is 4.39 Å². The molecule has 0 aliphatic carbocycles. The van der Waals surface area contributed by atoms with Crippen molar-refractivity contribution in [2.75, 3.05) is 13.1 Å². The van der Waals surface area contributed by atoms with Crippen molar-refractivity contribution >= 4 is 11.6 Å². The maximum absolute atomic E-state index is 14.1. The van der Waals surface area contributed by atoms with Gasteiger partial charge in [-0.15, -0.1) is 0 Å². The third-order valence-electron chi connectivity index (χ3n) is 4.05. The van der Waals surface area contributed by atoms with Gasteiger partial charge in [0.15, 0.2) is 0 Å². The van der Waals surface area contributed by atoms with Gasteiger partial charge >= 0.3 is 0 Å². The zero-order valence-corrected chi connectivity index (χ0v) is 12.4. The molecule has 1 fully saturated rings. The quantitative estimate of drug-likeness (QED) is 0.941. The van der Waals surface area contributed by atoms with Crippen LogP contribution in [0.15, 0.2) is 48.5 Å². The lowest BCUT2D eigenvalue weighted by Crippen LogP contribution is -2.29. The van der Waals surface area contributed by atoms with Gasteiger partial charge in [0.2, 0.25) is 0 Å². The number of nitrogens with two attached hydrogens (primary N) is 1. The Balaban J connectivity index is 1.74. The van der Waals surface area contributed by atoms with E-state index in [9.17, 15) is 4.39 Å². The Bertz CT molecular complexity index is 617. The van der Waals surface area contributed by atoms with Crippen LogP contribution in [0.2, 0.25) is 5.02 Å². The highest BCUT2D eigenvalue weighted by molar-refractivity contribution is 6.30. The Kier molecular flexibility index (Phi) is 4.24. The van der Waals surface area contributed by atoms with E-state index in [1.165, 1.54) is 11.6 Å². The molecule has 2 aromatic carbocycles. The van der Waals surface area contributed by atoms with Gasteiger partial charge in [0.25, 0.3) is 0 Å². The van der Waals surface area contributed by atoms with Crippen LogP contribution in [0, 0.1) is 5.82 Å². The molecular weight excluding hydrogens is 287 g/mol. The first-order valence-corrected chi connectivity index (χ1v) is 7.48. The van der Waals surface area contributed by atoms with Crippen LogP contribution < -0.4 is 5.73 Å². The molecule has 3 rings (SSSR count). The molecule has 1 aliphatic heterocycles. The van der Waals surface area contributed by atoms with Crippen LogP contribution in [0.1, 0.15) is 17.0 Å². The topological polar surface area (TPSA) is 29.3 Å². The fourth-order valence-electron chi connectivity index (χ4n) is 3.02. The van der Waals surface area contributed by atoms with Crippen LogP contribution in [0.5, 0.6) is 0 Å². The van der Waals surface area contributed by atoms with E-state index in [0.29, 0.717) is 10.6 Å². The lowest BCUT2D eigenvalue weighted by atomic mass is 9.94. The van der Waals surface area contributed by atoms with Gasteiger partial charge in [0, 0.05) is 36.6 Å². The molecule has 0 aromatic heterocycles. The molecular formula is C17H18ClFN2. The van der Waals surface area contributed by atoms with E-state index in [2.05, 4.69) is 17.0 Å². The molecule has 0 saturated carbocycles. The van der Waals surface area contributed by atoms with Gasteiger partial charge in [-0.3, -0.25) is 4.90 Å². The number of likely N-dealkylation sites (tertiary alicyclic amines) is 1. The maximum Gasteiger partial charge on any atom is 0.128 e. The van der Waals surface area contributed by atoms with E-state index in [1.54, 1.807) is 12.1 Å². The van der Waals surface area contributed by atoms with E-state index < -0.39 is 0 Å². The number of rotatable bonds is 3. The molecule has 1 aliphatic rings. The third-order valence-corrected chi connectivity index (χ3v) is 4.29. The van der Waals surface area contributed by atoms with Crippen molar-refractivity contribution in [2.24, 2.45) is 5.73 Å². The Morgan fingerprint density at radius 2 is 1.90 bits per heavy atom. The monoisotopic (exact) mass is 304 g/mol. The van der Waals surface area contributed by atoms with Gasteiger partial charge in [-0.1, -0.05) is 48.0 Å². The molecule has 0 bridgehead atoms. The Morgan fingerprint density at radius 1 is 1.14 bits per heavy atom. The molecule has 1 heterocycles. The molecule has 2 atom stereocenters. The summed E-state index contributed by atoms with van der Waals surface area (Å²) in [6, 6.07) is 15.1. The minimum atomic E-state index is -0.260. The summed E-state index contributed by atoms with van der Waals surface area (Å²) in [7, 11) is 0. The lowest BCUT2D eigenvalue weighted by molar-refractivity contribution is 0.323. The third kappa shape index (κ3) is 3.26. The van der Waals surface area contributed by atoms with Gasteiger partial charge in [-0.2, -0.15) is 0 Å². The predicted molar refractivity (Wildman–Crippen MR) is 83.8 cm³/mol. The van der Waals surface area contributed by atoms with Crippen molar-refractivity contribution in [2.45, 2.75) is 18.5 Å². The van der Waals surface area contributed by atoms with E-state index in [1.807, 2.05) is 18.2 Å². The minimum Gasteiger partial charge on any atom is -0.326 e. The summed E-state index contributed by atoms with van der Waals surface area (Å²) < 4.78 is 14.1. The molecule has 2 N–H and O–H groups in total. The Hall–Kier alpha value is -1.42. The molecule has 4 heteroatoms. The van der Waals surface area contributed by atoms with Crippen molar-refractivity contribution in [1.82, 2.24) is 4.90 Å². The van der Waals surface area contributed by atoms with Crippen molar-refractivity contribution in [3.8, 4) is 0 Å². The summed E-state index contributed by atoms with van der Waals surface area (Å²) in [5.74, 6) is -0.240. The summed E-state index contributed by atoms with van der Waals surface area (Å²) >= 11 is 5.81. The molecule has 1 saturated heterocycles. The lowest BCUT2D eigenvalue weighted by Gasteiger charge is -2.16. The number of hydrogen-bond acceptors (Lipinski definition) is 2. The largest absolute Gasteiger partial charge is 0.326 e. The van der Waals surface area contributed by atoms with Crippen LogP contribution in [-0.2, 0) is 6.54 Å². The molecule has 2 nitrogen and oxygen atoms in total. The summed E-state index contributed by atoms with van der Waals surface area (Å²) in [5, 5.41) is 0.420. The van der Waals surface area contributed by atoms with Crippen LogP contribution in [0.25, 0.3) is 0 Å². The maximum atomic E-state index is 14.1. The van der Waals surface area contributed by atoms with Crippen LogP contribution in [0.4, 0.5) is 4.39 Å². The van der Waals surface area contributed by atoms with E-state index in [0.717, 1.165) is 19.6 Å². The van der Waals surface area contributed by atoms with Gasteiger partial charge in [-0.05, 0) is 23.3 Å². The summed E-state index contributed by atoms with van der Waals surface area (Å²) in [5.41, 5.74) is 8.14. The molecule has 21 heavy (non-hydrogen) atoms. The Morgan fingerprint density at radius 3 is 2.62 bits per heavy atom. The normalized spacial score (nSPS) is 22.6. The van der Waals surface area contributed by atoms with E-state index >= 15 is 0 Å². The average molecular weight is 305 g/mol. The standard InChI is InChI=1S/C17H18ClFN2/c18-13-6-7-14(16(19)8-13)15-10-21(11-17(15)20)9-12-4-2-1-3-5-12/h1-8,15,17H,9-11,20H2. The van der Waals surface area contributed by atoms with E-state index in [-0.39, 0.29) is 17.8 Å². The second-order valence-electron chi connectivity index (χ2n) is 5.62. The van der Waals surface area contributed by atoms with Crippen molar-refractivity contribution in [1.29, 1.82) is 0 Å². The minimum absolute atomic E-state index is 0.0194. The Labute approximate surface area is 129 Å². The number of benzene rings is 2. The average Bonchev–Trinajstić information content (AvgIpc) is 2.80. The van der Waals surface area contributed by atoms with Gasteiger partial charge in [-0.25, -0.2) is 4.39 Å². The zero-order chi connectivity index (χ0) is 14.8. The number of halogens is 2. The van der Waals surface area contributed by atoms with Crippen molar-refractivity contribution in [3.05, 3.63) is 70.5 Å². The zero-order valence-electron chi connectivity index (χ0n) is 11.7. The molecule has 2 aromatic rings. The van der Waals surface area contributed by atoms with Crippen LogP contribution >= 0.6 is 11.6 Å². The predicted octanol–water partition coefficient (Wildman–Crippen LogP) is 3.41. The fourth-order valence-corrected chi connectivity index (χ4v) is 3.17. The highest BCUT2D eigenvalue weighted by Crippen LogP contribution is 2.30. The van der Waals surface area contributed by atoms with Gasteiger partial charge in [0.1, 0.15) is 5.82 Å². The van der Waals surface area contributed by atoms with Gasteiger partial charge < -0.3 is 5.73 Å². The van der Waals surface area contributed by atoms with Crippen molar-refractivity contribution in [3.63, 3.8) is 0 Å². The number of hydrogen-bond donors (Lipinski definition) is 1. The highest BCUT2D eigenvalue weighted by Gasteiger charge is 2.32. The molecule has 2 unspecified atom stereocenters. The molecule has 0 amide bonds. The first-order chi connectivity index (χ1) is 10.1. The second kappa shape index (κ2) is 6.14. The summed E-state index contributed by atoms with van der Waals surface area (Å²) in [6.07, 6.45) is 0. The highest BCUT2D eigenvalue weighted by atomic mass is 35.5.